The van der Waals surface area contributed by atoms with Gasteiger partial charge in [-0.05, 0) is 35.7 Å². The second-order valence-corrected chi connectivity index (χ2v) is 6.85. The summed E-state index contributed by atoms with van der Waals surface area (Å²) in [6, 6.07) is 15.4. The Labute approximate surface area is 161 Å². The van der Waals surface area contributed by atoms with Crippen LogP contribution in [0.4, 0.5) is 14.9 Å². The molecule has 3 aromatic rings. The van der Waals surface area contributed by atoms with Crippen LogP contribution in [0.5, 0.6) is 0 Å². The molecule has 0 unspecified atom stereocenters. The number of halogens is 1. The number of fused-ring (bicyclic) bond motifs is 1. The number of carbonyl (C=O) groups is 2. The van der Waals surface area contributed by atoms with Crippen LogP contribution in [0.25, 0.3) is 10.9 Å². The first-order valence-electron chi connectivity index (χ1n) is 9.24. The number of hydrogen-bond acceptors (Lipinski definition) is 2. The summed E-state index contributed by atoms with van der Waals surface area (Å²) in [6.07, 6.45) is 2.20. The number of rotatable bonds is 5. The summed E-state index contributed by atoms with van der Waals surface area (Å²) in [6.45, 7) is 1.46. The van der Waals surface area contributed by atoms with Crippen molar-refractivity contribution < 1.29 is 14.0 Å². The van der Waals surface area contributed by atoms with E-state index in [0.29, 0.717) is 25.3 Å². The van der Waals surface area contributed by atoms with E-state index < -0.39 is 5.82 Å². The van der Waals surface area contributed by atoms with E-state index in [2.05, 4.69) is 15.2 Å². The van der Waals surface area contributed by atoms with Gasteiger partial charge in [-0.2, -0.15) is 0 Å². The molecule has 2 aromatic carbocycles. The van der Waals surface area contributed by atoms with Gasteiger partial charge in [0.25, 0.3) is 0 Å². The van der Waals surface area contributed by atoms with Crippen LogP contribution in [0.3, 0.4) is 0 Å². The predicted molar refractivity (Wildman–Crippen MR) is 106 cm³/mol. The Balaban J connectivity index is 1.28. The Morgan fingerprint density at radius 1 is 1.14 bits per heavy atom. The number of aromatic nitrogens is 1. The summed E-state index contributed by atoms with van der Waals surface area (Å²) < 4.78 is 15.5. The molecule has 28 heavy (non-hydrogen) atoms. The summed E-state index contributed by atoms with van der Waals surface area (Å²) in [4.78, 5) is 25.9. The highest BCUT2D eigenvalue weighted by molar-refractivity contribution is 5.96. The van der Waals surface area contributed by atoms with Gasteiger partial charge in [0.1, 0.15) is 5.82 Å². The van der Waals surface area contributed by atoms with Gasteiger partial charge >= 0.3 is 6.03 Å². The molecule has 6 nitrogen and oxygen atoms in total. The molecule has 1 aliphatic rings. The van der Waals surface area contributed by atoms with Crippen molar-refractivity contribution in [2.75, 3.05) is 18.0 Å². The fourth-order valence-corrected chi connectivity index (χ4v) is 3.56. The van der Waals surface area contributed by atoms with Crippen LogP contribution in [0, 0.1) is 5.82 Å². The van der Waals surface area contributed by atoms with Gasteiger partial charge in [-0.1, -0.05) is 24.3 Å². The lowest BCUT2D eigenvalue weighted by Crippen LogP contribution is -2.44. The van der Waals surface area contributed by atoms with Crippen LogP contribution in [0.15, 0.2) is 60.8 Å². The van der Waals surface area contributed by atoms with Crippen molar-refractivity contribution in [2.24, 2.45) is 0 Å². The summed E-state index contributed by atoms with van der Waals surface area (Å²) in [5, 5.41) is 6.82. The fraction of sp³-hybridized carbons (Fsp3) is 0.238. The van der Waals surface area contributed by atoms with Crippen molar-refractivity contribution >= 4 is 28.5 Å². The SMILES string of the molecule is O=C(NCCn1ccc2ccccc21)N[C@H]1CC(=O)N(c2cccc(F)c2)C1. The zero-order valence-corrected chi connectivity index (χ0v) is 15.3. The lowest BCUT2D eigenvalue weighted by molar-refractivity contribution is -0.117. The molecular formula is C21H21FN4O2. The maximum atomic E-state index is 13.4. The summed E-state index contributed by atoms with van der Waals surface area (Å²) in [5.74, 6) is -0.522. The Kier molecular flexibility index (Phi) is 4.97. The first kappa shape index (κ1) is 18.0. The molecule has 4 rings (SSSR count). The molecule has 2 heterocycles. The van der Waals surface area contributed by atoms with Crippen LogP contribution < -0.4 is 15.5 Å². The number of benzene rings is 2. The van der Waals surface area contributed by atoms with E-state index in [0.717, 1.165) is 10.9 Å². The number of para-hydroxylation sites is 1. The highest BCUT2D eigenvalue weighted by atomic mass is 19.1. The number of amides is 3. The normalized spacial score (nSPS) is 16.5. The first-order chi connectivity index (χ1) is 13.6. The van der Waals surface area contributed by atoms with E-state index in [1.165, 1.54) is 17.0 Å². The van der Waals surface area contributed by atoms with E-state index in [-0.39, 0.29) is 24.4 Å². The average Bonchev–Trinajstić information content (AvgIpc) is 3.25. The van der Waals surface area contributed by atoms with Crippen LogP contribution in [0.2, 0.25) is 0 Å². The average molecular weight is 380 g/mol. The standard InChI is InChI=1S/C21H21FN4O2/c22-16-5-3-6-18(12-16)26-14-17(13-20(26)27)24-21(28)23-9-11-25-10-8-15-4-1-2-7-19(15)25/h1-8,10,12,17H,9,11,13-14H2,(H2,23,24,28)/t17-/m0/s1. The Hall–Kier alpha value is -3.35. The molecule has 0 bridgehead atoms. The van der Waals surface area contributed by atoms with Crippen molar-refractivity contribution in [1.29, 1.82) is 0 Å². The van der Waals surface area contributed by atoms with Gasteiger partial charge in [-0.15, -0.1) is 0 Å². The third kappa shape index (κ3) is 3.83. The van der Waals surface area contributed by atoms with Crippen LogP contribution in [-0.4, -0.2) is 35.6 Å². The largest absolute Gasteiger partial charge is 0.346 e. The molecular weight excluding hydrogens is 359 g/mol. The van der Waals surface area contributed by atoms with E-state index in [9.17, 15) is 14.0 Å². The molecule has 1 fully saturated rings. The number of nitrogens with zero attached hydrogens (tertiary/aromatic N) is 2. The molecule has 3 amide bonds. The number of carbonyl (C=O) groups excluding carboxylic acids is 2. The van der Waals surface area contributed by atoms with Crippen molar-refractivity contribution in [3.8, 4) is 0 Å². The van der Waals surface area contributed by atoms with Gasteiger partial charge in [0.2, 0.25) is 5.91 Å². The highest BCUT2D eigenvalue weighted by Gasteiger charge is 2.31. The van der Waals surface area contributed by atoms with Crippen LogP contribution in [-0.2, 0) is 11.3 Å². The molecule has 7 heteroatoms. The molecule has 1 aliphatic heterocycles. The Bertz CT molecular complexity index is 1020. The lowest BCUT2D eigenvalue weighted by Gasteiger charge is -2.17. The number of urea groups is 1. The summed E-state index contributed by atoms with van der Waals surface area (Å²) in [5.41, 5.74) is 1.63. The van der Waals surface area contributed by atoms with E-state index >= 15 is 0 Å². The van der Waals surface area contributed by atoms with Gasteiger partial charge in [0.05, 0.1) is 6.04 Å². The number of hydrogen-bond donors (Lipinski definition) is 2. The third-order valence-corrected chi connectivity index (χ3v) is 4.90. The zero-order valence-electron chi connectivity index (χ0n) is 15.3. The topological polar surface area (TPSA) is 66.4 Å². The molecule has 0 saturated carbocycles. The minimum Gasteiger partial charge on any atom is -0.346 e. The molecule has 2 N–H and O–H groups in total. The van der Waals surface area contributed by atoms with Crippen molar-refractivity contribution in [3.05, 3.63) is 66.6 Å². The van der Waals surface area contributed by atoms with E-state index in [1.807, 2.05) is 36.5 Å². The zero-order chi connectivity index (χ0) is 19.5. The van der Waals surface area contributed by atoms with Gasteiger partial charge < -0.3 is 20.1 Å². The third-order valence-electron chi connectivity index (χ3n) is 4.90. The molecule has 0 radical (unpaired) electrons. The summed E-state index contributed by atoms with van der Waals surface area (Å²) >= 11 is 0. The molecule has 144 valence electrons. The second kappa shape index (κ2) is 7.72. The maximum Gasteiger partial charge on any atom is 0.315 e. The van der Waals surface area contributed by atoms with Crippen molar-refractivity contribution in [3.63, 3.8) is 0 Å². The fourth-order valence-electron chi connectivity index (χ4n) is 3.56. The predicted octanol–water partition coefficient (Wildman–Crippen LogP) is 2.89. The molecule has 0 aliphatic carbocycles. The van der Waals surface area contributed by atoms with Gasteiger partial charge in [-0.25, -0.2) is 9.18 Å². The highest BCUT2D eigenvalue weighted by Crippen LogP contribution is 2.22. The first-order valence-corrected chi connectivity index (χ1v) is 9.24. The molecule has 1 atom stereocenters. The molecule has 1 aromatic heterocycles. The smallest absolute Gasteiger partial charge is 0.315 e. The monoisotopic (exact) mass is 380 g/mol. The van der Waals surface area contributed by atoms with Crippen molar-refractivity contribution in [1.82, 2.24) is 15.2 Å². The minimum absolute atomic E-state index is 0.130. The van der Waals surface area contributed by atoms with Crippen molar-refractivity contribution in [2.45, 2.75) is 19.0 Å². The summed E-state index contributed by atoms with van der Waals surface area (Å²) in [7, 11) is 0. The van der Waals surface area contributed by atoms with Gasteiger partial charge in [0, 0.05) is 43.5 Å². The van der Waals surface area contributed by atoms with Gasteiger partial charge in [-0.3, -0.25) is 4.79 Å². The van der Waals surface area contributed by atoms with Gasteiger partial charge in [0.15, 0.2) is 0 Å². The second-order valence-electron chi connectivity index (χ2n) is 6.85. The number of nitrogens with one attached hydrogen (secondary N) is 2. The Morgan fingerprint density at radius 3 is 2.86 bits per heavy atom. The quantitative estimate of drug-likeness (QED) is 0.715. The maximum absolute atomic E-state index is 13.4. The molecule has 0 spiro atoms. The molecule has 1 saturated heterocycles. The minimum atomic E-state index is -0.392. The van der Waals surface area contributed by atoms with E-state index in [1.54, 1.807) is 12.1 Å². The van der Waals surface area contributed by atoms with Crippen LogP contribution >= 0.6 is 0 Å². The Morgan fingerprint density at radius 2 is 2.00 bits per heavy atom. The number of anilines is 1. The van der Waals surface area contributed by atoms with E-state index in [4.69, 9.17) is 0 Å². The van der Waals surface area contributed by atoms with Crippen LogP contribution in [0.1, 0.15) is 6.42 Å². The lowest BCUT2D eigenvalue weighted by atomic mass is 10.2.